The first kappa shape index (κ1) is 32.8. The summed E-state index contributed by atoms with van der Waals surface area (Å²) >= 11 is 1.98. The average Bonchev–Trinajstić information content (AvgIpc) is 3.76. The summed E-state index contributed by atoms with van der Waals surface area (Å²) in [5.41, 5.74) is 12.4. The largest absolute Gasteiger partial charge is 0.457 e. The van der Waals surface area contributed by atoms with E-state index in [0.29, 0.717) is 17.8 Å². The molecule has 0 saturated heterocycles. The van der Waals surface area contributed by atoms with Gasteiger partial charge in [0.15, 0.2) is 0 Å². The van der Waals surface area contributed by atoms with E-state index in [-0.39, 0.29) is 5.41 Å². The number of furan rings is 1. The summed E-state index contributed by atoms with van der Waals surface area (Å²) in [4.78, 5) is 4.12. The maximum atomic E-state index is 6.27. The average molecular weight is 710 g/mol. The van der Waals surface area contributed by atoms with Gasteiger partial charge in [-0.15, -0.1) is 11.3 Å². The van der Waals surface area contributed by atoms with E-state index in [9.17, 15) is 0 Å². The summed E-state index contributed by atoms with van der Waals surface area (Å²) in [7, 11) is 0. The first-order valence-electron chi connectivity index (χ1n) is 19.8. The van der Waals surface area contributed by atoms with Crippen LogP contribution in [-0.2, 0) is 12.8 Å². The molecule has 0 N–H and O–H groups in total. The predicted octanol–water partition coefficient (Wildman–Crippen LogP) is 11.7. The standard InChI is InChI=1S/C50H47NOS/c1-33-30-40(25-26-41(33)35-10-4-3-5-11-35)51(38-21-16-34(17-22-38)36-18-27-49-44(31-36)43-13-7-9-15-48(43)53-49)39-23-19-37(20-24-39)50(2)29-28-47-45(32-50)42-12-6-8-14-46(42)52-47/h3-5,7-11,13-16,19,21-23,25-26,28,30-34,41H,6,12,17-18,20,24,27,29H2,1-2H3. The van der Waals surface area contributed by atoms with Crippen molar-refractivity contribution >= 4 is 45.7 Å². The number of hydrogen-bond acceptors (Lipinski definition) is 3. The number of aryl methyl sites for hydroxylation is 1. The van der Waals surface area contributed by atoms with Gasteiger partial charge in [0, 0.05) is 54.7 Å². The molecule has 2 aromatic heterocycles. The summed E-state index contributed by atoms with van der Waals surface area (Å²) < 4.78 is 7.69. The van der Waals surface area contributed by atoms with Gasteiger partial charge in [-0.05, 0) is 110 Å². The molecule has 264 valence electrons. The Bertz CT molecular complexity index is 2500. The van der Waals surface area contributed by atoms with E-state index in [1.807, 2.05) is 11.3 Å². The van der Waals surface area contributed by atoms with Gasteiger partial charge in [0.05, 0.1) is 0 Å². The van der Waals surface area contributed by atoms with Crippen LogP contribution in [0.25, 0.3) is 34.4 Å². The molecule has 6 aliphatic rings. The van der Waals surface area contributed by atoms with Crippen molar-refractivity contribution in [1.29, 1.82) is 0 Å². The normalized spacial score (nSPS) is 25.8. The van der Waals surface area contributed by atoms with Gasteiger partial charge in [-0.25, -0.2) is 0 Å². The van der Waals surface area contributed by atoms with Gasteiger partial charge in [0.1, 0.15) is 11.2 Å². The number of hydrogen-bond donors (Lipinski definition) is 0. The third kappa shape index (κ3) is 5.85. The second-order valence-corrected chi connectivity index (χ2v) is 17.2. The zero-order chi connectivity index (χ0) is 35.5. The topological polar surface area (TPSA) is 16.4 Å². The van der Waals surface area contributed by atoms with Crippen molar-refractivity contribution in [3.63, 3.8) is 0 Å². The lowest BCUT2D eigenvalue weighted by molar-refractivity contribution is 0.470. The molecular weight excluding hydrogens is 663 g/mol. The van der Waals surface area contributed by atoms with Crippen LogP contribution in [-0.4, -0.2) is 4.90 Å². The third-order valence-corrected chi connectivity index (χ3v) is 13.9. The summed E-state index contributed by atoms with van der Waals surface area (Å²) in [5, 5.41) is 2.75. The van der Waals surface area contributed by atoms with Crippen LogP contribution in [0.5, 0.6) is 0 Å². The van der Waals surface area contributed by atoms with E-state index in [4.69, 9.17) is 4.42 Å². The molecule has 10 rings (SSSR count). The van der Waals surface area contributed by atoms with E-state index < -0.39 is 0 Å². The molecule has 2 nitrogen and oxygen atoms in total. The molecule has 0 bridgehead atoms. The van der Waals surface area contributed by atoms with Crippen LogP contribution in [0.15, 0.2) is 142 Å². The van der Waals surface area contributed by atoms with Crippen LogP contribution in [0.3, 0.4) is 0 Å². The molecule has 0 fully saturated rings. The van der Waals surface area contributed by atoms with E-state index >= 15 is 0 Å². The monoisotopic (exact) mass is 709 g/mol. The van der Waals surface area contributed by atoms with Gasteiger partial charge in [-0.2, -0.15) is 0 Å². The maximum Gasteiger partial charge on any atom is 0.131 e. The summed E-state index contributed by atoms with van der Waals surface area (Å²) in [6.45, 7) is 4.81. The Morgan fingerprint density at radius 2 is 1.72 bits per heavy atom. The van der Waals surface area contributed by atoms with Crippen LogP contribution in [0, 0.1) is 17.3 Å². The molecule has 4 atom stereocenters. The van der Waals surface area contributed by atoms with Crippen molar-refractivity contribution in [3.8, 4) is 0 Å². The highest BCUT2D eigenvalue weighted by Gasteiger charge is 2.32. The Hall–Kier alpha value is -4.86. The van der Waals surface area contributed by atoms with Crippen LogP contribution < -0.4 is 10.6 Å². The van der Waals surface area contributed by atoms with Crippen molar-refractivity contribution in [3.05, 3.63) is 175 Å². The number of fused-ring (bicyclic) bond motifs is 6. The van der Waals surface area contributed by atoms with E-state index in [0.717, 1.165) is 62.5 Å². The first-order valence-corrected chi connectivity index (χ1v) is 20.6. The molecule has 0 saturated carbocycles. The van der Waals surface area contributed by atoms with Gasteiger partial charge in [0.2, 0.25) is 0 Å². The molecule has 3 heteroatoms. The second kappa shape index (κ2) is 13.2. The van der Waals surface area contributed by atoms with Gasteiger partial charge >= 0.3 is 0 Å². The highest BCUT2D eigenvalue weighted by Crippen LogP contribution is 2.45. The Morgan fingerprint density at radius 1 is 0.849 bits per heavy atom. The molecular formula is C50H47NOS. The molecule has 0 aliphatic heterocycles. The van der Waals surface area contributed by atoms with Crippen LogP contribution in [0.1, 0.15) is 85.6 Å². The third-order valence-electron chi connectivity index (χ3n) is 12.7. The molecule has 6 aliphatic carbocycles. The van der Waals surface area contributed by atoms with E-state index in [1.165, 1.54) is 54.7 Å². The van der Waals surface area contributed by atoms with Gasteiger partial charge in [0.25, 0.3) is 0 Å². The lowest BCUT2D eigenvalue weighted by atomic mass is 9.73. The minimum Gasteiger partial charge on any atom is -0.457 e. The van der Waals surface area contributed by atoms with Gasteiger partial charge in [-0.1, -0.05) is 122 Å². The lowest BCUT2D eigenvalue weighted by Crippen LogP contribution is -2.34. The highest BCUT2D eigenvalue weighted by atomic mass is 32.1. The molecule has 53 heavy (non-hydrogen) atoms. The molecule has 2 heterocycles. The minimum absolute atomic E-state index is 0.00130. The highest BCUT2D eigenvalue weighted by molar-refractivity contribution is 7.19. The SMILES string of the molecule is CC1C=C(N(C2=CCC(C3=Cc4c(sc5ccccc45)CC3)C=C2)C2=CC=C(C3(C)C=c4c5c(oc4=CC3)C=CCC5)CC2)C=CC1c1ccccc1. The Kier molecular flexibility index (Phi) is 8.17. The Balaban J connectivity index is 0.967. The molecule has 0 radical (unpaired) electrons. The summed E-state index contributed by atoms with van der Waals surface area (Å²) in [6, 6.07) is 19.9. The van der Waals surface area contributed by atoms with Crippen LogP contribution in [0.2, 0.25) is 0 Å². The fraction of sp³-hybridized carbons (Fsp3) is 0.280. The number of allylic oxidation sites excluding steroid dienone is 12. The van der Waals surface area contributed by atoms with E-state index in [2.05, 4.69) is 152 Å². The first-order chi connectivity index (χ1) is 26.0. The molecule has 4 aromatic rings. The quantitative estimate of drug-likeness (QED) is 0.198. The van der Waals surface area contributed by atoms with Crippen molar-refractivity contribution < 1.29 is 4.42 Å². The lowest BCUT2D eigenvalue weighted by Gasteiger charge is -2.37. The maximum absolute atomic E-state index is 6.27. The fourth-order valence-corrected chi connectivity index (χ4v) is 10.9. The zero-order valence-corrected chi connectivity index (χ0v) is 31.7. The van der Waals surface area contributed by atoms with Crippen molar-refractivity contribution in [1.82, 2.24) is 4.90 Å². The van der Waals surface area contributed by atoms with Crippen molar-refractivity contribution in [2.45, 2.75) is 71.1 Å². The minimum atomic E-state index is -0.00130. The van der Waals surface area contributed by atoms with E-state index in [1.54, 1.807) is 10.5 Å². The fourth-order valence-electron chi connectivity index (χ4n) is 9.67. The predicted molar refractivity (Wildman–Crippen MR) is 223 cm³/mol. The molecule has 0 spiro atoms. The number of rotatable bonds is 6. The van der Waals surface area contributed by atoms with Crippen molar-refractivity contribution in [2.75, 3.05) is 0 Å². The zero-order valence-electron chi connectivity index (χ0n) is 30.9. The number of thiophene rings is 1. The Morgan fingerprint density at radius 3 is 2.55 bits per heavy atom. The summed E-state index contributed by atoms with van der Waals surface area (Å²) in [5.74, 6) is 2.29. The number of benzene rings is 2. The van der Waals surface area contributed by atoms with Crippen molar-refractivity contribution in [2.24, 2.45) is 17.3 Å². The van der Waals surface area contributed by atoms with Gasteiger partial charge < -0.3 is 9.32 Å². The van der Waals surface area contributed by atoms with Gasteiger partial charge in [-0.3, -0.25) is 0 Å². The summed E-state index contributed by atoms with van der Waals surface area (Å²) in [6.07, 6.45) is 40.0. The van der Waals surface area contributed by atoms with Crippen LogP contribution in [0.4, 0.5) is 0 Å². The number of nitrogens with zero attached hydrogens (tertiary/aromatic N) is 1. The Labute approximate surface area is 317 Å². The molecule has 4 unspecified atom stereocenters. The van der Waals surface area contributed by atoms with Crippen LogP contribution >= 0.6 is 11.3 Å². The smallest absolute Gasteiger partial charge is 0.131 e. The molecule has 2 aromatic carbocycles. The second-order valence-electron chi connectivity index (χ2n) is 16.1. The molecule has 0 amide bonds.